The van der Waals surface area contributed by atoms with E-state index in [-0.39, 0.29) is 35.8 Å². The third-order valence-corrected chi connectivity index (χ3v) is 7.21. The van der Waals surface area contributed by atoms with Gasteiger partial charge in [0.05, 0.1) is 23.6 Å². The number of amides is 3. The average molecular weight is 587 g/mol. The van der Waals surface area contributed by atoms with Gasteiger partial charge >= 0.3 is 0 Å². The summed E-state index contributed by atoms with van der Waals surface area (Å²) in [5.74, 6) is 0.403. The summed E-state index contributed by atoms with van der Waals surface area (Å²) in [6.07, 6.45) is 1.60. The first-order valence-corrected chi connectivity index (χ1v) is 13.3. The lowest BCUT2D eigenvalue weighted by atomic mass is 10.2. The molecule has 4 rings (SSSR count). The fourth-order valence-corrected chi connectivity index (χ4v) is 4.79. The van der Waals surface area contributed by atoms with E-state index in [4.69, 9.17) is 37.4 Å². The van der Waals surface area contributed by atoms with Crippen LogP contribution in [-0.2, 0) is 9.59 Å². The summed E-state index contributed by atoms with van der Waals surface area (Å²) >= 11 is 13.0. The van der Waals surface area contributed by atoms with Crippen LogP contribution in [0.25, 0.3) is 6.08 Å². The molecule has 3 aromatic rings. The minimum absolute atomic E-state index is 0.0835. The molecule has 8 nitrogen and oxygen atoms in total. The number of hydrogen-bond donors (Lipinski definition) is 1. The summed E-state index contributed by atoms with van der Waals surface area (Å²) in [7, 11) is 1.47. The molecule has 0 aliphatic carbocycles. The fraction of sp³-hybridized carbons (Fsp3) is 0.179. The zero-order valence-corrected chi connectivity index (χ0v) is 23.4. The van der Waals surface area contributed by atoms with Gasteiger partial charge in [0.25, 0.3) is 17.1 Å². The number of ether oxygens (including phenoxy) is 3. The van der Waals surface area contributed by atoms with Gasteiger partial charge in [-0.05, 0) is 72.3 Å². The maximum Gasteiger partial charge on any atom is 0.293 e. The summed E-state index contributed by atoms with van der Waals surface area (Å²) < 4.78 is 16.6. The molecule has 1 aliphatic rings. The SMILES string of the molecule is COc1cc(/C=C2\SC(=O)N(CCOc3ccccc3Cl)C2=O)ccc1OCC(=O)Nc1ccc(C)c(Cl)c1. The predicted molar refractivity (Wildman–Crippen MR) is 153 cm³/mol. The maximum atomic E-state index is 12.8. The van der Waals surface area contributed by atoms with Gasteiger partial charge in [-0.3, -0.25) is 19.3 Å². The molecular formula is C28H24Cl2N2O6S. The molecule has 1 aliphatic heterocycles. The molecule has 39 heavy (non-hydrogen) atoms. The zero-order valence-electron chi connectivity index (χ0n) is 21.0. The second-order valence-electron chi connectivity index (χ2n) is 8.32. The number of para-hydroxylation sites is 1. The van der Waals surface area contributed by atoms with E-state index < -0.39 is 5.91 Å². The van der Waals surface area contributed by atoms with Crippen molar-refractivity contribution in [3.63, 3.8) is 0 Å². The van der Waals surface area contributed by atoms with Gasteiger partial charge in [0.15, 0.2) is 18.1 Å². The molecule has 1 fully saturated rings. The van der Waals surface area contributed by atoms with Crippen LogP contribution >= 0.6 is 35.0 Å². The first-order valence-electron chi connectivity index (χ1n) is 11.7. The summed E-state index contributed by atoms with van der Waals surface area (Å²) in [5, 5.41) is 3.34. The lowest BCUT2D eigenvalue weighted by molar-refractivity contribution is -0.123. The van der Waals surface area contributed by atoms with Crippen molar-refractivity contribution < 1.29 is 28.6 Å². The Kier molecular flexibility index (Phi) is 9.40. The van der Waals surface area contributed by atoms with Crippen molar-refractivity contribution in [3.05, 3.63) is 86.7 Å². The van der Waals surface area contributed by atoms with E-state index in [0.29, 0.717) is 38.5 Å². The van der Waals surface area contributed by atoms with Crippen molar-refractivity contribution in [1.82, 2.24) is 4.90 Å². The van der Waals surface area contributed by atoms with Crippen LogP contribution in [0.5, 0.6) is 17.2 Å². The van der Waals surface area contributed by atoms with Crippen LogP contribution in [0.2, 0.25) is 10.0 Å². The average Bonchev–Trinajstić information content (AvgIpc) is 3.18. The van der Waals surface area contributed by atoms with Gasteiger partial charge in [-0.1, -0.05) is 47.5 Å². The molecule has 1 N–H and O–H groups in total. The molecule has 1 saturated heterocycles. The Bertz CT molecular complexity index is 1450. The Hall–Kier alpha value is -3.66. The highest BCUT2D eigenvalue weighted by Crippen LogP contribution is 2.34. The van der Waals surface area contributed by atoms with E-state index in [1.54, 1.807) is 60.7 Å². The topological polar surface area (TPSA) is 94.2 Å². The normalized spacial score (nSPS) is 14.1. The molecule has 0 spiro atoms. The van der Waals surface area contributed by atoms with Gasteiger partial charge in [-0.2, -0.15) is 0 Å². The van der Waals surface area contributed by atoms with Crippen molar-refractivity contribution in [2.24, 2.45) is 0 Å². The quantitative estimate of drug-likeness (QED) is 0.273. The first-order chi connectivity index (χ1) is 18.7. The summed E-state index contributed by atoms with van der Waals surface area (Å²) in [6.45, 7) is 1.81. The third-order valence-electron chi connectivity index (χ3n) is 5.58. The summed E-state index contributed by atoms with van der Waals surface area (Å²) in [4.78, 5) is 39.0. The molecule has 3 amide bonds. The molecule has 0 unspecified atom stereocenters. The van der Waals surface area contributed by atoms with Crippen LogP contribution in [0.3, 0.4) is 0 Å². The van der Waals surface area contributed by atoms with Crippen molar-refractivity contribution in [2.45, 2.75) is 6.92 Å². The van der Waals surface area contributed by atoms with Crippen molar-refractivity contribution >= 4 is 63.8 Å². The van der Waals surface area contributed by atoms with Gasteiger partial charge in [-0.15, -0.1) is 0 Å². The number of anilines is 1. The Morgan fingerprint density at radius 1 is 0.974 bits per heavy atom. The Labute approximate surface area is 239 Å². The number of nitrogens with one attached hydrogen (secondary N) is 1. The van der Waals surface area contributed by atoms with Gasteiger partial charge in [0.2, 0.25) is 0 Å². The molecule has 11 heteroatoms. The Morgan fingerprint density at radius 2 is 1.77 bits per heavy atom. The van der Waals surface area contributed by atoms with Crippen LogP contribution in [0.15, 0.2) is 65.6 Å². The number of carbonyl (C=O) groups excluding carboxylic acids is 3. The molecule has 0 radical (unpaired) electrons. The smallest absolute Gasteiger partial charge is 0.293 e. The van der Waals surface area contributed by atoms with E-state index in [2.05, 4.69) is 5.32 Å². The second kappa shape index (κ2) is 12.9. The minimum atomic E-state index is -0.417. The molecule has 1 heterocycles. The molecule has 0 bridgehead atoms. The number of methoxy groups -OCH3 is 1. The number of halogens is 2. The number of nitrogens with zero attached hydrogens (tertiary/aromatic N) is 1. The number of rotatable bonds is 10. The van der Waals surface area contributed by atoms with Gasteiger partial charge in [0.1, 0.15) is 12.4 Å². The Morgan fingerprint density at radius 3 is 2.51 bits per heavy atom. The fourth-order valence-electron chi connectivity index (χ4n) is 3.56. The maximum absolute atomic E-state index is 12.8. The molecule has 0 aromatic heterocycles. The number of hydrogen-bond acceptors (Lipinski definition) is 7. The van der Waals surface area contributed by atoms with E-state index in [1.165, 1.54) is 7.11 Å². The standard InChI is InChI=1S/C28H24Cl2N2O6S/c1-17-7-9-19(15-21(17)30)31-26(33)16-38-23-10-8-18(13-24(23)36-2)14-25-27(34)32(28(35)39-25)11-12-37-22-6-4-3-5-20(22)29/h3-10,13-15H,11-12,16H2,1-2H3,(H,31,33)/b25-14-. The van der Waals surface area contributed by atoms with Crippen molar-refractivity contribution in [3.8, 4) is 17.2 Å². The van der Waals surface area contributed by atoms with Crippen molar-refractivity contribution in [1.29, 1.82) is 0 Å². The van der Waals surface area contributed by atoms with E-state index in [0.717, 1.165) is 22.2 Å². The highest BCUT2D eigenvalue weighted by Gasteiger charge is 2.34. The van der Waals surface area contributed by atoms with Crippen LogP contribution in [0.1, 0.15) is 11.1 Å². The molecule has 0 saturated carbocycles. The third kappa shape index (κ3) is 7.26. The predicted octanol–water partition coefficient (Wildman–Crippen LogP) is 6.44. The lowest BCUT2D eigenvalue weighted by Crippen LogP contribution is -2.32. The highest BCUT2D eigenvalue weighted by atomic mass is 35.5. The number of imide groups is 1. The number of carbonyl (C=O) groups is 3. The molecule has 3 aromatic carbocycles. The molecule has 202 valence electrons. The molecule has 0 atom stereocenters. The van der Waals surface area contributed by atoms with Crippen LogP contribution in [-0.4, -0.2) is 48.8 Å². The van der Waals surface area contributed by atoms with Gasteiger partial charge in [-0.25, -0.2) is 0 Å². The van der Waals surface area contributed by atoms with Crippen LogP contribution < -0.4 is 19.5 Å². The largest absolute Gasteiger partial charge is 0.493 e. The lowest BCUT2D eigenvalue weighted by Gasteiger charge is -2.14. The van der Waals surface area contributed by atoms with E-state index >= 15 is 0 Å². The monoisotopic (exact) mass is 586 g/mol. The number of aryl methyl sites for hydroxylation is 1. The minimum Gasteiger partial charge on any atom is -0.493 e. The van der Waals surface area contributed by atoms with Crippen LogP contribution in [0.4, 0.5) is 10.5 Å². The van der Waals surface area contributed by atoms with Gasteiger partial charge in [0, 0.05) is 10.7 Å². The Balaban J connectivity index is 1.35. The van der Waals surface area contributed by atoms with Crippen LogP contribution in [0, 0.1) is 6.92 Å². The van der Waals surface area contributed by atoms with Gasteiger partial charge < -0.3 is 19.5 Å². The highest BCUT2D eigenvalue weighted by molar-refractivity contribution is 8.18. The number of benzene rings is 3. The zero-order chi connectivity index (χ0) is 27.9. The van der Waals surface area contributed by atoms with Crippen molar-refractivity contribution in [2.75, 3.05) is 32.2 Å². The first kappa shape index (κ1) is 28.4. The van der Waals surface area contributed by atoms with E-state index in [1.807, 2.05) is 13.0 Å². The second-order valence-corrected chi connectivity index (χ2v) is 10.1. The summed E-state index contributed by atoms with van der Waals surface area (Å²) in [5.41, 5.74) is 2.09. The molecular weight excluding hydrogens is 563 g/mol. The number of thioether (sulfide) groups is 1. The summed E-state index contributed by atoms with van der Waals surface area (Å²) in [6, 6.07) is 17.2. The van der Waals surface area contributed by atoms with E-state index in [9.17, 15) is 14.4 Å².